The van der Waals surface area contributed by atoms with E-state index in [9.17, 15) is 9.59 Å². The molecule has 1 aromatic carbocycles. The lowest BCUT2D eigenvalue weighted by atomic mass is 9.98. The Morgan fingerprint density at radius 3 is 2.90 bits per heavy atom. The van der Waals surface area contributed by atoms with Crippen LogP contribution in [0.4, 0.5) is 10.5 Å². The van der Waals surface area contributed by atoms with Gasteiger partial charge in [-0.1, -0.05) is 18.2 Å². The number of benzene rings is 1. The number of piperidine rings is 1. The van der Waals surface area contributed by atoms with Crippen molar-refractivity contribution in [1.29, 1.82) is 0 Å². The Labute approximate surface area is 178 Å². The Bertz CT molecular complexity index is 1020. The molecule has 9 heteroatoms. The lowest BCUT2D eigenvalue weighted by Crippen LogP contribution is -2.44. The second-order valence-corrected chi connectivity index (χ2v) is 8.09. The highest BCUT2D eigenvalue weighted by atomic mass is 32.1. The van der Waals surface area contributed by atoms with Crippen LogP contribution in [0.1, 0.15) is 18.5 Å². The molecule has 3 aromatic rings. The summed E-state index contributed by atoms with van der Waals surface area (Å²) in [5, 5.41) is 9.74. The van der Waals surface area contributed by atoms with Gasteiger partial charge in [0.15, 0.2) is 0 Å². The van der Waals surface area contributed by atoms with Crippen LogP contribution in [0.2, 0.25) is 0 Å². The molecule has 0 bridgehead atoms. The third-order valence-corrected chi connectivity index (χ3v) is 5.87. The number of urea groups is 1. The van der Waals surface area contributed by atoms with Gasteiger partial charge in [-0.3, -0.25) is 9.48 Å². The van der Waals surface area contributed by atoms with E-state index in [-0.39, 0.29) is 24.5 Å². The molecule has 1 aliphatic rings. The number of hydrogen-bond donors (Lipinski definition) is 1. The first-order valence-corrected chi connectivity index (χ1v) is 10.7. The number of ether oxygens (including phenoxy) is 1. The van der Waals surface area contributed by atoms with Gasteiger partial charge in [-0.15, -0.1) is 11.3 Å². The summed E-state index contributed by atoms with van der Waals surface area (Å²) in [6.07, 6.45) is 5.13. The van der Waals surface area contributed by atoms with Gasteiger partial charge in [0.05, 0.1) is 17.8 Å². The topological polar surface area (TPSA) is 89.4 Å². The number of nitrogens with zero attached hydrogens (tertiary/aromatic N) is 4. The van der Waals surface area contributed by atoms with E-state index >= 15 is 0 Å². The number of carbonyl (C=O) groups is 2. The molecule has 1 saturated heterocycles. The lowest BCUT2D eigenvalue weighted by molar-refractivity contribution is -0.151. The maximum atomic E-state index is 12.6. The van der Waals surface area contributed by atoms with Gasteiger partial charge in [0, 0.05) is 43.0 Å². The third-order valence-electron chi connectivity index (χ3n) is 4.93. The molecule has 2 aromatic heterocycles. The van der Waals surface area contributed by atoms with Crippen LogP contribution < -0.4 is 5.32 Å². The fourth-order valence-electron chi connectivity index (χ4n) is 3.38. The molecule has 156 valence electrons. The van der Waals surface area contributed by atoms with E-state index in [4.69, 9.17) is 4.74 Å². The van der Waals surface area contributed by atoms with Crippen LogP contribution in [0, 0.1) is 5.92 Å². The number of hydrogen-bond acceptors (Lipinski definition) is 6. The highest BCUT2D eigenvalue weighted by molar-refractivity contribution is 7.13. The van der Waals surface area contributed by atoms with Crippen molar-refractivity contribution in [2.75, 3.05) is 18.4 Å². The first-order chi connectivity index (χ1) is 14.6. The van der Waals surface area contributed by atoms with Crippen molar-refractivity contribution in [2.45, 2.75) is 19.4 Å². The number of carbonyl (C=O) groups excluding carboxylic acids is 2. The van der Waals surface area contributed by atoms with Crippen LogP contribution in [-0.2, 0) is 23.2 Å². The number of amides is 2. The van der Waals surface area contributed by atoms with E-state index < -0.39 is 0 Å². The van der Waals surface area contributed by atoms with Crippen LogP contribution in [-0.4, -0.2) is 44.8 Å². The first kappa shape index (κ1) is 20.1. The van der Waals surface area contributed by atoms with Crippen LogP contribution in [0.15, 0.2) is 48.1 Å². The predicted octanol–water partition coefficient (Wildman–Crippen LogP) is 3.53. The molecule has 3 heterocycles. The average molecular weight is 426 g/mol. The van der Waals surface area contributed by atoms with Crippen molar-refractivity contribution in [1.82, 2.24) is 19.7 Å². The fourth-order valence-corrected chi connectivity index (χ4v) is 4.16. The van der Waals surface area contributed by atoms with Gasteiger partial charge in [-0.05, 0) is 25.0 Å². The number of aromatic nitrogens is 3. The molecular formula is C21H23N5O3S. The van der Waals surface area contributed by atoms with Crippen molar-refractivity contribution < 1.29 is 14.3 Å². The van der Waals surface area contributed by atoms with Gasteiger partial charge in [0.2, 0.25) is 0 Å². The minimum absolute atomic E-state index is 0.127. The zero-order chi connectivity index (χ0) is 20.9. The molecule has 0 spiro atoms. The van der Waals surface area contributed by atoms with E-state index in [1.165, 1.54) is 11.3 Å². The second-order valence-electron chi connectivity index (χ2n) is 7.24. The summed E-state index contributed by atoms with van der Waals surface area (Å²) in [6, 6.07) is 9.10. The summed E-state index contributed by atoms with van der Waals surface area (Å²) in [7, 11) is 1.85. The van der Waals surface area contributed by atoms with Gasteiger partial charge < -0.3 is 15.0 Å². The van der Waals surface area contributed by atoms with Crippen molar-refractivity contribution in [3.63, 3.8) is 0 Å². The monoisotopic (exact) mass is 425 g/mol. The number of anilines is 1. The molecule has 30 heavy (non-hydrogen) atoms. The Morgan fingerprint density at radius 2 is 2.13 bits per heavy atom. The maximum Gasteiger partial charge on any atom is 0.321 e. The van der Waals surface area contributed by atoms with Crippen LogP contribution in [0.3, 0.4) is 0 Å². The minimum atomic E-state index is -0.322. The minimum Gasteiger partial charge on any atom is -0.459 e. The number of likely N-dealkylation sites (tertiary alicyclic amines) is 1. The SMILES string of the molecule is Cn1cc(-c2nc(COC(=O)C3CCCN(C(=O)Nc4ccccc4)C3)cs2)cn1. The normalized spacial score (nSPS) is 16.3. The van der Waals surface area contributed by atoms with Gasteiger partial charge in [0.25, 0.3) is 0 Å². The Hall–Kier alpha value is -3.20. The smallest absolute Gasteiger partial charge is 0.321 e. The summed E-state index contributed by atoms with van der Waals surface area (Å²) >= 11 is 1.49. The van der Waals surface area contributed by atoms with Crippen LogP contribution in [0.25, 0.3) is 10.6 Å². The largest absolute Gasteiger partial charge is 0.459 e. The number of esters is 1. The summed E-state index contributed by atoms with van der Waals surface area (Å²) in [6.45, 7) is 1.11. The molecule has 1 N–H and O–H groups in total. The fraction of sp³-hybridized carbons (Fsp3) is 0.333. The van der Waals surface area contributed by atoms with Gasteiger partial charge in [-0.25, -0.2) is 9.78 Å². The third kappa shape index (κ3) is 4.85. The Kier molecular flexibility index (Phi) is 6.08. The Balaban J connectivity index is 1.29. The second kappa shape index (κ2) is 9.08. The highest BCUT2D eigenvalue weighted by Gasteiger charge is 2.29. The number of thiazole rings is 1. The van der Waals surface area contributed by atoms with Crippen molar-refractivity contribution in [3.05, 3.63) is 53.8 Å². The quantitative estimate of drug-likeness (QED) is 0.632. The van der Waals surface area contributed by atoms with E-state index in [1.807, 2.05) is 49.0 Å². The summed E-state index contributed by atoms with van der Waals surface area (Å²) in [5.41, 5.74) is 2.38. The van der Waals surface area contributed by atoms with E-state index in [2.05, 4.69) is 15.4 Å². The number of nitrogens with one attached hydrogen (secondary N) is 1. The average Bonchev–Trinajstić information content (AvgIpc) is 3.41. The predicted molar refractivity (Wildman–Crippen MR) is 114 cm³/mol. The molecule has 1 fully saturated rings. The molecule has 8 nitrogen and oxygen atoms in total. The van der Waals surface area contributed by atoms with Crippen molar-refractivity contribution in [3.8, 4) is 10.6 Å². The van der Waals surface area contributed by atoms with E-state index in [0.717, 1.165) is 22.7 Å². The zero-order valence-electron chi connectivity index (χ0n) is 16.7. The molecule has 0 radical (unpaired) electrons. The van der Waals surface area contributed by atoms with Crippen molar-refractivity contribution >= 4 is 29.0 Å². The maximum absolute atomic E-state index is 12.6. The number of rotatable bonds is 5. The molecule has 1 unspecified atom stereocenters. The van der Waals surface area contributed by atoms with E-state index in [0.29, 0.717) is 25.2 Å². The van der Waals surface area contributed by atoms with Gasteiger partial charge in [-0.2, -0.15) is 5.10 Å². The molecule has 1 atom stereocenters. The molecular weight excluding hydrogens is 402 g/mol. The highest BCUT2D eigenvalue weighted by Crippen LogP contribution is 2.24. The van der Waals surface area contributed by atoms with Gasteiger partial charge >= 0.3 is 12.0 Å². The standard InChI is InChI=1S/C21H23N5O3S/c1-25-11-16(10-22-25)19-23-18(14-30-19)13-29-20(27)15-6-5-9-26(12-15)21(28)24-17-7-3-2-4-8-17/h2-4,7-8,10-11,14-15H,5-6,9,12-13H2,1H3,(H,24,28). The Morgan fingerprint density at radius 1 is 1.30 bits per heavy atom. The number of para-hydroxylation sites is 1. The molecule has 0 saturated carbocycles. The summed E-state index contributed by atoms with van der Waals surface area (Å²) in [4.78, 5) is 31.2. The zero-order valence-corrected chi connectivity index (χ0v) is 17.5. The van der Waals surface area contributed by atoms with Crippen molar-refractivity contribution in [2.24, 2.45) is 13.0 Å². The first-order valence-electron chi connectivity index (χ1n) is 9.79. The molecule has 0 aliphatic carbocycles. The molecule has 4 rings (SSSR count). The van der Waals surface area contributed by atoms with Crippen LogP contribution >= 0.6 is 11.3 Å². The van der Waals surface area contributed by atoms with Crippen LogP contribution in [0.5, 0.6) is 0 Å². The summed E-state index contributed by atoms with van der Waals surface area (Å²) < 4.78 is 7.22. The molecule has 2 amide bonds. The molecule has 1 aliphatic heterocycles. The number of aryl methyl sites for hydroxylation is 1. The van der Waals surface area contributed by atoms with Gasteiger partial charge in [0.1, 0.15) is 11.6 Å². The lowest BCUT2D eigenvalue weighted by Gasteiger charge is -2.31. The summed E-state index contributed by atoms with van der Waals surface area (Å²) in [5.74, 6) is -0.611. The van der Waals surface area contributed by atoms with E-state index in [1.54, 1.807) is 15.8 Å².